The van der Waals surface area contributed by atoms with E-state index in [0.717, 1.165) is 50.4 Å². The number of hydrogen-bond donors (Lipinski definition) is 0. The van der Waals surface area contributed by atoms with Crippen LogP contribution in [0.15, 0.2) is 170 Å². The summed E-state index contributed by atoms with van der Waals surface area (Å²) < 4.78 is 4.86. The van der Waals surface area contributed by atoms with Crippen LogP contribution in [0.1, 0.15) is 0 Å². The first-order valence-electron chi connectivity index (χ1n) is 16.3. The highest BCUT2D eigenvalue weighted by atomic mass is 15.0. The zero-order valence-electron chi connectivity index (χ0n) is 26.0. The first kappa shape index (κ1) is 26.7. The van der Waals surface area contributed by atoms with E-state index >= 15 is 0 Å². The Kier molecular flexibility index (Phi) is 5.84. The summed E-state index contributed by atoms with van der Waals surface area (Å²) in [5.41, 5.74) is 10.8. The summed E-state index contributed by atoms with van der Waals surface area (Å²) in [6, 6.07) is 60.1. The Bertz CT molecular complexity index is 2810. The van der Waals surface area contributed by atoms with Gasteiger partial charge in [-0.2, -0.15) is 0 Å². The lowest BCUT2D eigenvalue weighted by molar-refractivity contribution is 1.15. The molecule has 0 amide bonds. The van der Waals surface area contributed by atoms with E-state index in [1.165, 1.54) is 38.1 Å². The average molecular weight is 613 g/mol. The zero-order valence-corrected chi connectivity index (χ0v) is 26.0. The normalized spacial score (nSPS) is 11.8. The summed E-state index contributed by atoms with van der Waals surface area (Å²) in [6.45, 7) is 0. The summed E-state index contributed by atoms with van der Waals surface area (Å²) in [7, 11) is 0. The van der Waals surface area contributed by atoms with Gasteiger partial charge in [0, 0.05) is 49.4 Å². The Labute approximate surface area is 276 Å². The first-order chi connectivity index (χ1) is 23.8. The molecule has 0 radical (unpaired) electrons. The second-order valence-corrected chi connectivity index (χ2v) is 12.2. The van der Waals surface area contributed by atoms with E-state index in [0.29, 0.717) is 0 Å². The van der Waals surface area contributed by atoms with Crippen LogP contribution in [-0.4, -0.2) is 19.1 Å². The standard InChI is InChI=1S/C44H28N4/c1-4-14-29(15-5-1)41-37-28-32(24-27-38(37)45-44(46-41)30-16-6-2-7-17-30)48-40-23-13-11-21-34(40)36-26-25-35-33-20-10-12-22-39(33)47(42(35)43(36)48)31-18-8-3-9-19-31/h1-28H. The van der Waals surface area contributed by atoms with E-state index in [4.69, 9.17) is 9.97 Å². The minimum atomic E-state index is 0.723. The number of fused-ring (bicyclic) bond motifs is 8. The molecule has 3 heterocycles. The minimum Gasteiger partial charge on any atom is -0.307 e. The molecule has 0 bridgehead atoms. The molecule has 0 spiro atoms. The number of aromatic nitrogens is 4. The fourth-order valence-electron chi connectivity index (χ4n) is 7.40. The second-order valence-electron chi connectivity index (χ2n) is 12.2. The van der Waals surface area contributed by atoms with Crippen LogP contribution in [0.2, 0.25) is 0 Å². The Morgan fingerprint density at radius 2 is 0.875 bits per heavy atom. The highest BCUT2D eigenvalue weighted by molar-refractivity contribution is 6.23. The molecule has 4 heteroatoms. The zero-order chi connectivity index (χ0) is 31.6. The molecule has 10 aromatic rings. The number of rotatable bonds is 4. The fraction of sp³-hybridized carbons (Fsp3) is 0. The molecule has 48 heavy (non-hydrogen) atoms. The van der Waals surface area contributed by atoms with Gasteiger partial charge in [-0.15, -0.1) is 0 Å². The number of nitrogens with zero attached hydrogens (tertiary/aromatic N) is 4. The van der Waals surface area contributed by atoms with Gasteiger partial charge in [0.1, 0.15) is 0 Å². The van der Waals surface area contributed by atoms with Crippen molar-refractivity contribution in [3.63, 3.8) is 0 Å². The number of para-hydroxylation sites is 3. The van der Waals surface area contributed by atoms with Gasteiger partial charge >= 0.3 is 0 Å². The first-order valence-corrected chi connectivity index (χ1v) is 16.3. The Morgan fingerprint density at radius 1 is 0.354 bits per heavy atom. The van der Waals surface area contributed by atoms with E-state index < -0.39 is 0 Å². The van der Waals surface area contributed by atoms with Crippen LogP contribution < -0.4 is 0 Å². The van der Waals surface area contributed by atoms with Crippen molar-refractivity contribution in [1.82, 2.24) is 19.1 Å². The largest absolute Gasteiger partial charge is 0.307 e. The molecule has 0 atom stereocenters. The van der Waals surface area contributed by atoms with Gasteiger partial charge in [-0.25, -0.2) is 9.97 Å². The molecule has 10 rings (SSSR count). The van der Waals surface area contributed by atoms with Gasteiger partial charge in [0.15, 0.2) is 5.82 Å². The lowest BCUT2D eigenvalue weighted by atomic mass is 10.0. The molecule has 0 aliphatic carbocycles. The second kappa shape index (κ2) is 10.5. The van der Waals surface area contributed by atoms with Crippen LogP contribution in [0, 0.1) is 0 Å². The molecule has 4 nitrogen and oxygen atoms in total. The van der Waals surface area contributed by atoms with Crippen molar-refractivity contribution < 1.29 is 0 Å². The summed E-state index contributed by atoms with van der Waals surface area (Å²) in [6.07, 6.45) is 0. The molecule has 0 N–H and O–H groups in total. The molecular weight excluding hydrogens is 585 g/mol. The van der Waals surface area contributed by atoms with Crippen LogP contribution in [0.5, 0.6) is 0 Å². The van der Waals surface area contributed by atoms with E-state index in [9.17, 15) is 0 Å². The van der Waals surface area contributed by atoms with E-state index in [-0.39, 0.29) is 0 Å². The average Bonchev–Trinajstić information content (AvgIpc) is 3.68. The molecule has 224 valence electrons. The number of benzene rings is 7. The molecule has 0 aliphatic heterocycles. The van der Waals surface area contributed by atoms with Gasteiger partial charge in [0.05, 0.1) is 33.3 Å². The van der Waals surface area contributed by atoms with Crippen molar-refractivity contribution in [1.29, 1.82) is 0 Å². The number of hydrogen-bond acceptors (Lipinski definition) is 2. The maximum Gasteiger partial charge on any atom is 0.160 e. The fourth-order valence-corrected chi connectivity index (χ4v) is 7.40. The van der Waals surface area contributed by atoms with Crippen molar-refractivity contribution in [2.45, 2.75) is 0 Å². The van der Waals surface area contributed by atoms with Crippen LogP contribution in [0.3, 0.4) is 0 Å². The van der Waals surface area contributed by atoms with Crippen LogP contribution in [0.4, 0.5) is 0 Å². The van der Waals surface area contributed by atoms with Gasteiger partial charge in [-0.1, -0.05) is 127 Å². The van der Waals surface area contributed by atoms with E-state index in [1.54, 1.807) is 0 Å². The maximum absolute atomic E-state index is 5.20. The summed E-state index contributed by atoms with van der Waals surface area (Å²) in [5, 5.41) is 5.92. The molecule has 0 saturated carbocycles. The van der Waals surface area contributed by atoms with Gasteiger partial charge in [-0.3, -0.25) is 0 Å². The third-order valence-electron chi connectivity index (χ3n) is 9.50. The topological polar surface area (TPSA) is 35.6 Å². The quantitative estimate of drug-likeness (QED) is 0.198. The van der Waals surface area contributed by atoms with Crippen molar-refractivity contribution in [3.05, 3.63) is 170 Å². The predicted molar refractivity (Wildman–Crippen MR) is 199 cm³/mol. The highest BCUT2D eigenvalue weighted by Gasteiger charge is 2.22. The highest BCUT2D eigenvalue weighted by Crippen LogP contribution is 2.42. The van der Waals surface area contributed by atoms with Crippen LogP contribution >= 0.6 is 0 Å². The van der Waals surface area contributed by atoms with E-state index in [2.05, 4.69) is 155 Å². The third-order valence-corrected chi connectivity index (χ3v) is 9.50. The van der Waals surface area contributed by atoms with Gasteiger partial charge in [-0.05, 0) is 42.5 Å². The lowest BCUT2D eigenvalue weighted by Crippen LogP contribution is -2.00. The summed E-state index contributed by atoms with van der Waals surface area (Å²) in [4.78, 5) is 10.3. The van der Waals surface area contributed by atoms with Crippen LogP contribution in [0.25, 0.3) is 88.5 Å². The van der Waals surface area contributed by atoms with Gasteiger partial charge in [0.2, 0.25) is 0 Å². The molecule has 0 saturated heterocycles. The van der Waals surface area contributed by atoms with Gasteiger partial charge < -0.3 is 9.13 Å². The molecule has 3 aromatic heterocycles. The molecule has 7 aromatic carbocycles. The minimum absolute atomic E-state index is 0.723. The van der Waals surface area contributed by atoms with Gasteiger partial charge in [0.25, 0.3) is 0 Å². The predicted octanol–water partition coefficient (Wildman–Crippen LogP) is 11.2. The molecular formula is C44H28N4. The third kappa shape index (κ3) is 3.96. The molecule has 0 fully saturated rings. The Balaban J connectivity index is 1.34. The van der Waals surface area contributed by atoms with Crippen molar-refractivity contribution in [2.24, 2.45) is 0 Å². The molecule has 0 aliphatic rings. The van der Waals surface area contributed by atoms with E-state index in [1.807, 2.05) is 24.3 Å². The van der Waals surface area contributed by atoms with Crippen molar-refractivity contribution in [2.75, 3.05) is 0 Å². The smallest absolute Gasteiger partial charge is 0.160 e. The summed E-state index contributed by atoms with van der Waals surface area (Å²) in [5.74, 6) is 0.723. The summed E-state index contributed by atoms with van der Waals surface area (Å²) >= 11 is 0. The van der Waals surface area contributed by atoms with Crippen LogP contribution in [-0.2, 0) is 0 Å². The Morgan fingerprint density at radius 3 is 1.50 bits per heavy atom. The van der Waals surface area contributed by atoms with Crippen molar-refractivity contribution in [3.8, 4) is 34.0 Å². The maximum atomic E-state index is 5.20. The Hall–Kier alpha value is -6.52. The lowest BCUT2D eigenvalue weighted by Gasteiger charge is -2.14. The van der Waals surface area contributed by atoms with Crippen molar-refractivity contribution >= 4 is 54.5 Å². The monoisotopic (exact) mass is 612 g/mol. The SMILES string of the molecule is c1ccc(-c2nc(-c3ccccc3)c3cc(-n4c5ccccc5c5ccc6c7ccccc7n(-c7ccccc7)c6c54)ccc3n2)cc1. The molecule has 0 unspecified atom stereocenters.